The van der Waals surface area contributed by atoms with Crippen molar-refractivity contribution in [3.05, 3.63) is 18.0 Å². The van der Waals surface area contributed by atoms with Crippen molar-refractivity contribution >= 4 is 5.78 Å². The molecule has 1 aliphatic heterocycles. The molecule has 1 atom stereocenters. The summed E-state index contributed by atoms with van der Waals surface area (Å²) in [5.74, 6) is 0.318. The Morgan fingerprint density at radius 2 is 2.24 bits per heavy atom. The Morgan fingerprint density at radius 3 is 2.95 bits per heavy atom. The van der Waals surface area contributed by atoms with Gasteiger partial charge in [0.1, 0.15) is 5.78 Å². The van der Waals surface area contributed by atoms with Crippen LogP contribution in [0.4, 0.5) is 0 Å². The number of carbonyl (C=O) groups is 1. The Kier molecular flexibility index (Phi) is 6.43. The van der Waals surface area contributed by atoms with Gasteiger partial charge in [0.05, 0.1) is 12.2 Å². The van der Waals surface area contributed by atoms with E-state index in [2.05, 4.69) is 27.8 Å². The monoisotopic (exact) mass is 291 g/mol. The molecule has 0 bridgehead atoms. The van der Waals surface area contributed by atoms with E-state index in [-0.39, 0.29) is 0 Å². The van der Waals surface area contributed by atoms with E-state index in [1.807, 2.05) is 6.20 Å². The van der Waals surface area contributed by atoms with Gasteiger partial charge >= 0.3 is 0 Å². The molecule has 21 heavy (non-hydrogen) atoms. The molecule has 1 unspecified atom stereocenters. The first kappa shape index (κ1) is 16.2. The first-order valence-electron chi connectivity index (χ1n) is 8.44. The normalized spacial score (nSPS) is 19.8. The van der Waals surface area contributed by atoms with Crippen LogP contribution in [0.5, 0.6) is 0 Å². The van der Waals surface area contributed by atoms with Crippen LogP contribution in [0.15, 0.2) is 12.4 Å². The Bertz CT molecular complexity index is 441. The Balaban J connectivity index is 1.72. The number of hydrogen-bond donors (Lipinski definition) is 0. The van der Waals surface area contributed by atoms with Gasteiger partial charge in [-0.05, 0) is 57.7 Å². The largest absolute Gasteiger partial charge is 0.301 e. The molecule has 0 aromatic carbocycles. The molecule has 0 amide bonds. The summed E-state index contributed by atoms with van der Waals surface area (Å²) in [5.41, 5.74) is 1.33. The third-order valence-corrected chi connectivity index (χ3v) is 4.42. The minimum atomic E-state index is 0.318. The van der Waals surface area contributed by atoms with Crippen molar-refractivity contribution in [2.45, 2.75) is 64.8 Å². The predicted molar refractivity (Wildman–Crippen MR) is 85.5 cm³/mol. The smallest absolute Gasteiger partial charge is 0.129 e. The minimum absolute atomic E-state index is 0.318. The van der Waals surface area contributed by atoms with E-state index in [0.29, 0.717) is 11.8 Å². The highest BCUT2D eigenvalue weighted by atomic mass is 16.1. The third-order valence-electron chi connectivity index (χ3n) is 4.42. The summed E-state index contributed by atoms with van der Waals surface area (Å²) in [6, 6.07) is 0.538. The zero-order valence-electron chi connectivity index (χ0n) is 13.6. The number of piperidine rings is 1. The number of rotatable bonds is 8. The molecule has 2 heterocycles. The molecule has 0 N–H and O–H groups in total. The standard InChI is InChI=1S/C17H29N3O/c1-3-16-12-18-20(13-16)17-9-7-11-19(14-17)10-6-4-5-8-15(2)21/h12-13,17H,3-11,14H2,1-2H3. The SMILES string of the molecule is CCc1cnn(C2CCCN(CCCCCC(C)=O)C2)c1. The number of nitrogens with zero attached hydrogens (tertiary/aromatic N) is 3. The average molecular weight is 291 g/mol. The molecule has 2 rings (SSSR count). The molecule has 1 saturated heterocycles. The minimum Gasteiger partial charge on any atom is -0.301 e. The van der Waals surface area contributed by atoms with Gasteiger partial charge in [0.15, 0.2) is 0 Å². The quantitative estimate of drug-likeness (QED) is 0.690. The van der Waals surface area contributed by atoms with Crippen molar-refractivity contribution in [2.24, 2.45) is 0 Å². The zero-order valence-corrected chi connectivity index (χ0v) is 13.6. The van der Waals surface area contributed by atoms with E-state index >= 15 is 0 Å². The molecule has 1 aromatic rings. The first-order chi connectivity index (χ1) is 10.2. The Morgan fingerprint density at radius 1 is 1.38 bits per heavy atom. The van der Waals surface area contributed by atoms with E-state index in [0.717, 1.165) is 32.4 Å². The van der Waals surface area contributed by atoms with Crippen molar-refractivity contribution < 1.29 is 4.79 Å². The maximum Gasteiger partial charge on any atom is 0.129 e. The van der Waals surface area contributed by atoms with Crippen LogP contribution in [0, 0.1) is 0 Å². The van der Waals surface area contributed by atoms with Crippen molar-refractivity contribution in [1.82, 2.24) is 14.7 Å². The molecular weight excluding hydrogens is 262 g/mol. The number of unbranched alkanes of at least 4 members (excludes halogenated alkanes) is 2. The Hall–Kier alpha value is -1.16. The number of carbonyl (C=O) groups excluding carboxylic acids is 1. The number of aryl methyl sites for hydroxylation is 1. The van der Waals surface area contributed by atoms with Gasteiger partial charge in [0.25, 0.3) is 0 Å². The van der Waals surface area contributed by atoms with E-state index in [1.54, 1.807) is 6.92 Å². The van der Waals surface area contributed by atoms with Crippen molar-refractivity contribution in [3.8, 4) is 0 Å². The second-order valence-corrected chi connectivity index (χ2v) is 6.29. The van der Waals surface area contributed by atoms with Crippen LogP contribution in [0.2, 0.25) is 0 Å². The van der Waals surface area contributed by atoms with Gasteiger partial charge in [0, 0.05) is 19.2 Å². The molecule has 0 aliphatic carbocycles. The molecular formula is C17H29N3O. The molecule has 1 aromatic heterocycles. The van der Waals surface area contributed by atoms with Crippen LogP contribution in [-0.4, -0.2) is 40.1 Å². The van der Waals surface area contributed by atoms with E-state index in [9.17, 15) is 4.79 Å². The van der Waals surface area contributed by atoms with Crippen LogP contribution in [0.3, 0.4) is 0 Å². The van der Waals surface area contributed by atoms with Crippen LogP contribution >= 0.6 is 0 Å². The van der Waals surface area contributed by atoms with Gasteiger partial charge in [0.2, 0.25) is 0 Å². The first-order valence-corrected chi connectivity index (χ1v) is 8.44. The highest BCUT2D eigenvalue weighted by molar-refractivity contribution is 5.75. The highest BCUT2D eigenvalue weighted by Gasteiger charge is 2.21. The number of aromatic nitrogens is 2. The summed E-state index contributed by atoms with van der Waals surface area (Å²) in [6.07, 6.45) is 11.9. The molecule has 1 aliphatic rings. The highest BCUT2D eigenvalue weighted by Crippen LogP contribution is 2.21. The summed E-state index contributed by atoms with van der Waals surface area (Å²) in [7, 11) is 0. The second kappa shape index (κ2) is 8.32. The average Bonchev–Trinajstić information content (AvgIpc) is 2.96. The topological polar surface area (TPSA) is 38.1 Å². The van der Waals surface area contributed by atoms with Gasteiger partial charge in [-0.25, -0.2) is 0 Å². The van der Waals surface area contributed by atoms with Crippen molar-refractivity contribution in [3.63, 3.8) is 0 Å². The molecule has 0 spiro atoms. The fourth-order valence-electron chi connectivity index (χ4n) is 3.10. The number of hydrogen-bond acceptors (Lipinski definition) is 3. The maximum atomic E-state index is 10.9. The summed E-state index contributed by atoms with van der Waals surface area (Å²) in [6.45, 7) is 7.36. The van der Waals surface area contributed by atoms with E-state index in [1.165, 1.54) is 37.8 Å². The molecule has 4 heteroatoms. The lowest BCUT2D eigenvalue weighted by atomic mass is 10.0. The number of likely N-dealkylation sites (tertiary alicyclic amines) is 1. The lowest BCUT2D eigenvalue weighted by Crippen LogP contribution is -2.37. The lowest BCUT2D eigenvalue weighted by molar-refractivity contribution is -0.117. The number of ketones is 1. The van der Waals surface area contributed by atoms with Crippen LogP contribution in [0.1, 0.15) is 64.0 Å². The fraction of sp³-hybridized carbons (Fsp3) is 0.765. The fourth-order valence-corrected chi connectivity index (χ4v) is 3.10. The summed E-state index contributed by atoms with van der Waals surface area (Å²) in [4.78, 5) is 13.5. The Labute approximate surface area is 128 Å². The molecule has 0 saturated carbocycles. The van der Waals surface area contributed by atoms with E-state index < -0.39 is 0 Å². The maximum absolute atomic E-state index is 10.9. The van der Waals surface area contributed by atoms with Gasteiger partial charge in [-0.1, -0.05) is 13.3 Å². The van der Waals surface area contributed by atoms with Gasteiger partial charge in [-0.15, -0.1) is 0 Å². The summed E-state index contributed by atoms with van der Waals surface area (Å²) < 4.78 is 2.17. The molecule has 0 radical (unpaired) electrons. The second-order valence-electron chi connectivity index (χ2n) is 6.29. The zero-order chi connectivity index (χ0) is 15.1. The lowest BCUT2D eigenvalue weighted by Gasteiger charge is -2.32. The third kappa shape index (κ3) is 5.27. The van der Waals surface area contributed by atoms with Crippen LogP contribution in [-0.2, 0) is 11.2 Å². The summed E-state index contributed by atoms with van der Waals surface area (Å²) >= 11 is 0. The summed E-state index contributed by atoms with van der Waals surface area (Å²) in [5, 5.41) is 4.53. The van der Waals surface area contributed by atoms with Crippen LogP contribution in [0.25, 0.3) is 0 Å². The number of Topliss-reactive ketones (excluding diaryl/α,β-unsaturated/α-hetero) is 1. The van der Waals surface area contributed by atoms with Crippen molar-refractivity contribution in [1.29, 1.82) is 0 Å². The van der Waals surface area contributed by atoms with Gasteiger partial charge in [-0.3, -0.25) is 4.68 Å². The molecule has 118 valence electrons. The van der Waals surface area contributed by atoms with E-state index in [4.69, 9.17) is 0 Å². The predicted octanol–water partition coefficient (Wildman–Crippen LogP) is 3.23. The van der Waals surface area contributed by atoms with Crippen molar-refractivity contribution in [2.75, 3.05) is 19.6 Å². The van der Waals surface area contributed by atoms with Gasteiger partial charge in [-0.2, -0.15) is 5.10 Å². The molecule has 1 fully saturated rings. The van der Waals surface area contributed by atoms with Gasteiger partial charge < -0.3 is 9.69 Å². The molecule has 4 nitrogen and oxygen atoms in total. The van der Waals surface area contributed by atoms with Crippen LogP contribution < -0.4 is 0 Å².